The van der Waals surface area contributed by atoms with Crippen molar-refractivity contribution in [2.75, 3.05) is 32.6 Å². The zero-order valence-corrected chi connectivity index (χ0v) is 10.6. The van der Waals surface area contributed by atoms with E-state index in [1.54, 1.807) is 20.9 Å². The Morgan fingerprint density at radius 3 is 2.85 bits per heavy atom. The van der Waals surface area contributed by atoms with Crippen LogP contribution in [0.1, 0.15) is 0 Å². The molecule has 1 amide bonds. The molecule has 0 rings (SSSR count). The summed E-state index contributed by atoms with van der Waals surface area (Å²) in [4.78, 5) is 12.2. The molecule has 0 aliphatic heterocycles. The van der Waals surface area contributed by atoms with E-state index in [0.717, 1.165) is 12.2 Å². The summed E-state index contributed by atoms with van der Waals surface area (Å²) in [5.41, 5.74) is 0. The summed E-state index contributed by atoms with van der Waals surface area (Å²) in [7, 11) is 3.36. The van der Waals surface area contributed by atoms with E-state index < -0.39 is 0 Å². The number of amides is 1. The van der Waals surface area contributed by atoms with Gasteiger partial charge in [0.2, 0.25) is 6.41 Å². The molecular weight excluding hydrogens is 301 g/mol. The fourth-order valence-corrected chi connectivity index (χ4v) is 1.54. The van der Waals surface area contributed by atoms with Crippen molar-refractivity contribution in [3.63, 3.8) is 0 Å². The van der Waals surface area contributed by atoms with Crippen molar-refractivity contribution in [3.05, 3.63) is 12.2 Å². The summed E-state index contributed by atoms with van der Waals surface area (Å²) in [6.07, 6.45) is 4.90. The van der Waals surface area contributed by atoms with E-state index in [1.165, 1.54) is 0 Å². The van der Waals surface area contributed by atoms with Crippen molar-refractivity contribution in [3.8, 4) is 0 Å². The molecule has 0 heterocycles. The topological polar surface area (TPSA) is 29.5 Å². The van der Waals surface area contributed by atoms with Gasteiger partial charge in [0.25, 0.3) is 0 Å². The highest BCUT2D eigenvalue weighted by atomic mass is 127. The van der Waals surface area contributed by atoms with Crippen LogP contribution in [0.5, 0.6) is 0 Å². The zero-order valence-electron chi connectivity index (χ0n) is 7.61. The lowest BCUT2D eigenvalue weighted by Crippen LogP contribution is -2.25. The second kappa shape index (κ2) is 10.3. The molecule has 0 aromatic carbocycles. The summed E-state index contributed by atoms with van der Waals surface area (Å²) < 4.78 is 4.87. The van der Waals surface area contributed by atoms with Gasteiger partial charge in [-0.2, -0.15) is 0 Å². The number of nitrogens with zero attached hydrogens (tertiary/aromatic N) is 1. The minimum absolute atomic E-state index is 0.591. The molecule has 3 nitrogen and oxygen atoms in total. The Balaban J connectivity index is 3.52. The van der Waals surface area contributed by atoms with Crippen LogP contribution >= 0.6 is 30.1 Å². The third-order valence-electron chi connectivity index (χ3n) is 1.40. The smallest absolute Gasteiger partial charge is 0.210 e. The van der Waals surface area contributed by atoms with Crippen LogP contribution in [0.4, 0.5) is 0 Å². The first kappa shape index (κ1) is 13.2. The molecule has 0 bridgehead atoms. The fraction of sp³-hybridized carbons (Fsp3) is 0.625. The molecule has 0 aliphatic carbocycles. The Morgan fingerprint density at radius 2 is 2.31 bits per heavy atom. The Kier molecular flexibility index (Phi) is 10.5. The quantitative estimate of drug-likeness (QED) is 0.388. The van der Waals surface area contributed by atoms with Gasteiger partial charge in [0.1, 0.15) is 0 Å². The lowest BCUT2D eigenvalue weighted by atomic mass is 10.4. The predicted octanol–water partition coefficient (Wildman–Crippen LogP) is 1.73. The molecule has 0 aliphatic rings. The molecule has 0 aromatic rings. The van der Waals surface area contributed by atoms with Crippen LogP contribution in [0.3, 0.4) is 0 Å². The van der Waals surface area contributed by atoms with Gasteiger partial charge in [0.15, 0.2) is 0 Å². The van der Waals surface area contributed by atoms with Crippen LogP contribution in [0.15, 0.2) is 12.2 Å². The number of carbonyl (C=O) groups excluding carboxylic acids is 1. The highest BCUT2D eigenvalue weighted by Gasteiger charge is 1.96. The van der Waals surface area contributed by atoms with Gasteiger partial charge in [0.05, 0.1) is 6.61 Å². The lowest BCUT2D eigenvalue weighted by Gasteiger charge is -2.13. The van der Waals surface area contributed by atoms with Crippen LogP contribution in [-0.2, 0) is 9.53 Å². The van der Waals surface area contributed by atoms with Crippen molar-refractivity contribution < 1.29 is 9.53 Å². The monoisotopic (exact) mass is 315 g/mol. The Hall–Kier alpha value is 0.250. The Morgan fingerprint density at radius 1 is 1.54 bits per heavy atom. The number of ether oxygens (including phenoxy) is 1. The standard InChI is InChI=1S/C8H14INO2S/c1-12-6-5-10(8-11)4-2-3-7-13-9/h2-3,8H,4-7H2,1H3/b3-2+. The van der Waals surface area contributed by atoms with Crippen molar-refractivity contribution in [2.45, 2.75) is 0 Å². The zero-order chi connectivity index (χ0) is 9.94. The van der Waals surface area contributed by atoms with E-state index in [1.807, 2.05) is 6.08 Å². The fourth-order valence-electron chi connectivity index (χ4n) is 0.710. The molecule has 0 saturated heterocycles. The molecule has 0 radical (unpaired) electrons. The van der Waals surface area contributed by atoms with Gasteiger partial charge in [-0.1, -0.05) is 21.1 Å². The molecular formula is C8H14INO2S. The highest BCUT2D eigenvalue weighted by molar-refractivity contribution is 14.2. The molecule has 0 spiro atoms. The first-order valence-electron chi connectivity index (χ1n) is 3.92. The first-order valence-corrected chi connectivity index (χ1v) is 7.44. The summed E-state index contributed by atoms with van der Waals surface area (Å²) in [5.74, 6) is 0.984. The largest absolute Gasteiger partial charge is 0.383 e. The van der Waals surface area contributed by atoms with Gasteiger partial charge < -0.3 is 9.64 Å². The maximum Gasteiger partial charge on any atom is 0.210 e. The molecule has 0 fully saturated rings. The maximum atomic E-state index is 10.5. The third-order valence-corrected chi connectivity index (χ3v) is 2.79. The molecule has 0 aromatic heterocycles. The summed E-state index contributed by atoms with van der Waals surface area (Å²) in [6, 6.07) is 0. The number of hydrogen-bond donors (Lipinski definition) is 0. The Bertz CT molecular complexity index is 155. The lowest BCUT2D eigenvalue weighted by molar-refractivity contribution is -0.118. The number of carbonyl (C=O) groups is 1. The number of rotatable bonds is 8. The predicted molar refractivity (Wildman–Crippen MR) is 65.1 cm³/mol. The van der Waals surface area contributed by atoms with E-state index in [9.17, 15) is 4.79 Å². The summed E-state index contributed by atoms with van der Waals surface area (Å²) >= 11 is 2.24. The number of hydrogen-bond acceptors (Lipinski definition) is 3. The van der Waals surface area contributed by atoms with Crippen molar-refractivity contribution in [2.24, 2.45) is 0 Å². The van der Waals surface area contributed by atoms with Crippen LogP contribution in [0.25, 0.3) is 0 Å². The van der Waals surface area contributed by atoms with Crippen LogP contribution in [0, 0.1) is 0 Å². The molecule has 0 atom stereocenters. The molecule has 0 N–H and O–H groups in total. The maximum absolute atomic E-state index is 10.5. The molecule has 0 saturated carbocycles. The molecule has 5 heteroatoms. The van der Waals surface area contributed by atoms with E-state index in [0.29, 0.717) is 19.7 Å². The van der Waals surface area contributed by atoms with Crippen LogP contribution < -0.4 is 0 Å². The average Bonchev–Trinajstić information content (AvgIpc) is 2.17. The minimum atomic E-state index is 0.591. The van der Waals surface area contributed by atoms with Gasteiger partial charge in [-0.25, -0.2) is 0 Å². The van der Waals surface area contributed by atoms with Gasteiger partial charge in [0, 0.05) is 26.0 Å². The van der Waals surface area contributed by atoms with Crippen molar-refractivity contribution in [1.29, 1.82) is 0 Å². The van der Waals surface area contributed by atoms with Crippen molar-refractivity contribution in [1.82, 2.24) is 4.90 Å². The number of methoxy groups -OCH3 is 1. The Labute approximate surface area is 95.5 Å². The third kappa shape index (κ3) is 8.58. The summed E-state index contributed by atoms with van der Waals surface area (Å²) in [5, 5.41) is 0. The van der Waals surface area contributed by atoms with Gasteiger partial charge in [-0.15, -0.1) is 0 Å². The van der Waals surface area contributed by atoms with Crippen LogP contribution in [-0.4, -0.2) is 43.9 Å². The average molecular weight is 315 g/mol. The normalized spacial score (nSPS) is 10.6. The summed E-state index contributed by atoms with van der Waals surface area (Å²) in [6.45, 7) is 1.92. The number of halogens is 1. The van der Waals surface area contributed by atoms with Gasteiger partial charge in [-0.05, 0) is 21.2 Å². The SMILES string of the molecule is COCCN(C=O)C/C=C/CSI. The van der Waals surface area contributed by atoms with E-state index >= 15 is 0 Å². The second-order valence-corrected chi connectivity index (χ2v) is 4.76. The molecule has 76 valence electrons. The highest BCUT2D eigenvalue weighted by Crippen LogP contribution is 2.09. The van der Waals surface area contributed by atoms with Gasteiger partial charge in [-0.3, -0.25) is 4.79 Å². The van der Waals surface area contributed by atoms with E-state index in [4.69, 9.17) is 4.74 Å². The van der Waals surface area contributed by atoms with E-state index in [-0.39, 0.29) is 0 Å². The van der Waals surface area contributed by atoms with Crippen molar-refractivity contribution >= 4 is 36.5 Å². The van der Waals surface area contributed by atoms with Gasteiger partial charge >= 0.3 is 0 Å². The molecule has 13 heavy (non-hydrogen) atoms. The first-order chi connectivity index (χ1) is 6.35. The van der Waals surface area contributed by atoms with E-state index in [2.05, 4.69) is 27.3 Å². The minimum Gasteiger partial charge on any atom is -0.383 e. The second-order valence-electron chi connectivity index (χ2n) is 2.34. The molecule has 0 unspecified atom stereocenters. The van der Waals surface area contributed by atoms with Crippen LogP contribution in [0.2, 0.25) is 0 Å².